The molecule has 2 aromatic rings. The Hall–Kier alpha value is -1.76. The van der Waals surface area contributed by atoms with E-state index in [0.717, 1.165) is 11.1 Å². The first-order chi connectivity index (χ1) is 12.8. The Morgan fingerprint density at radius 2 is 1.38 bits per heavy atom. The lowest BCUT2D eigenvalue weighted by Gasteiger charge is -2.48. The average Bonchev–Trinajstić information content (AvgIpc) is 2.73. The van der Waals surface area contributed by atoms with E-state index in [1.165, 1.54) is 0 Å². The van der Waals surface area contributed by atoms with Crippen LogP contribution in [0.1, 0.15) is 23.5 Å². The molecule has 26 heavy (non-hydrogen) atoms. The number of hydrogen-bond acceptors (Lipinski definition) is 5. The molecule has 2 aliphatic heterocycles. The maximum atomic E-state index is 6.34. The molecule has 0 radical (unpaired) electrons. The molecule has 2 aliphatic rings. The number of rotatable bonds is 4. The van der Waals surface area contributed by atoms with Crippen LogP contribution in [0.2, 0.25) is 0 Å². The largest absolute Gasteiger partial charge is 0.376 e. The quantitative estimate of drug-likeness (QED) is 0.841. The molecule has 5 nitrogen and oxygen atoms in total. The first-order valence-corrected chi connectivity index (χ1v) is 8.90. The zero-order valence-electron chi connectivity index (χ0n) is 15.0. The van der Waals surface area contributed by atoms with Gasteiger partial charge in [-0.25, -0.2) is 0 Å². The van der Waals surface area contributed by atoms with Gasteiger partial charge in [-0.3, -0.25) is 0 Å². The Balaban J connectivity index is 1.59. The Kier molecular flexibility index (Phi) is 5.33. The smallest absolute Gasteiger partial charge is 0.184 e. The van der Waals surface area contributed by atoms with E-state index in [4.69, 9.17) is 23.7 Å². The summed E-state index contributed by atoms with van der Waals surface area (Å²) in [6.07, 6.45) is -1.64. The van der Waals surface area contributed by atoms with Crippen LogP contribution in [0, 0.1) is 0 Å². The van der Waals surface area contributed by atoms with Gasteiger partial charge < -0.3 is 23.7 Å². The van der Waals surface area contributed by atoms with Gasteiger partial charge in [0, 0.05) is 19.8 Å². The standard InChI is InChI=1S/C21H24O5/c1-22-19-17(14-9-5-3-6-10-14)25-16-13-24-21(15-11-7-4-8-12-15)26-18(16)20(19)23-2/h3-12,16-21H,13H2,1-2H3/t16-,17+,18-,19+,20+,21?/m1/s1. The first kappa shape index (κ1) is 17.6. The van der Waals surface area contributed by atoms with Crippen LogP contribution in [-0.4, -0.2) is 45.2 Å². The SMILES string of the molecule is CO[C@@H]1[C@@H](OC)[C@H](c2ccccc2)O[C@@H]2COC(c3ccccc3)O[C@@H]12. The van der Waals surface area contributed by atoms with Gasteiger partial charge in [0.15, 0.2) is 6.29 Å². The van der Waals surface area contributed by atoms with E-state index in [1.54, 1.807) is 14.2 Å². The fourth-order valence-electron chi connectivity index (χ4n) is 3.80. The van der Waals surface area contributed by atoms with E-state index in [1.807, 2.05) is 60.7 Å². The molecule has 0 N–H and O–H groups in total. The van der Waals surface area contributed by atoms with Crippen molar-refractivity contribution in [1.29, 1.82) is 0 Å². The number of methoxy groups -OCH3 is 2. The molecule has 6 atom stereocenters. The highest BCUT2D eigenvalue weighted by Crippen LogP contribution is 2.40. The molecule has 0 bridgehead atoms. The summed E-state index contributed by atoms with van der Waals surface area (Å²) in [5.41, 5.74) is 2.05. The third kappa shape index (κ3) is 3.29. The second-order valence-corrected chi connectivity index (χ2v) is 6.58. The number of hydrogen-bond donors (Lipinski definition) is 0. The fraction of sp³-hybridized carbons (Fsp3) is 0.429. The lowest BCUT2D eigenvalue weighted by atomic mass is 9.90. The molecule has 0 aromatic heterocycles. The Morgan fingerprint density at radius 1 is 0.769 bits per heavy atom. The van der Waals surface area contributed by atoms with Crippen molar-refractivity contribution in [2.24, 2.45) is 0 Å². The second-order valence-electron chi connectivity index (χ2n) is 6.58. The minimum Gasteiger partial charge on any atom is -0.376 e. The third-order valence-electron chi connectivity index (χ3n) is 5.07. The summed E-state index contributed by atoms with van der Waals surface area (Å²) in [7, 11) is 3.38. The summed E-state index contributed by atoms with van der Waals surface area (Å²) in [5, 5.41) is 0. The lowest BCUT2D eigenvalue weighted by molar-refractivity contribution is -0.334. The molecule has 2 aromatic carbocycles. The first-order valence-electron chi connectivity index (χ1n) is 8.90. The van der Waals surface area contributed by atoms with Crippen molar-refractivity contribution >= 4 is 0 Å². The lowest BCUT2D eigenvalue weighted by Crippen LogP contribution is -2.60. The highest BCUT2D eigenvalue weighted by molar-refractivity contribution is 5.21. The number of ether oxygens (including phenoxy) is 5. The zero-order valence-corrected chi connectivity index (χ0v) is 15.0. The van der Waals surface area contributed by atoms with Crippen LogP contribution in [0.25, 0.3) is 0 Å². The van der Waals surface area contributed by atoms with Gasteiger partial charge in [0.25, 0.3) is 0 Å². The van der Waals surface area contributed by atoms with Crippen LogP contribution in [0.4, 0.5) is 0 Å². The van der Waals surface area contributed by atoms with Crippen molar-refractivity contribution in [3.8, 4) is 0 Å². The van der Waals surface area contributed by atoms with E-state index in [2.05, 4.69) is 0 Å². The number of benzene rings is 2. The minimum absolute atomic E-state index is 0.212. The van der Waals surface area contributed by atoms with E-state index in [9.17, 15) is 0 Å². The van der Waals surface area contributed by atoms with Gasteiger partial charge in [0.05, 0.1) is 6.61 Å². The normalized spacial score (nSPS) is 34.2. The Bertz CT molecular complexity index is 692. The molecule has 4 rings (SSSR count). The molecule has 138 valence electrons. The van der Waals surface area contributed by atoms with Crippen molar-refractivity contribution in [3.63, 3.8) is 0 Å². The zero-order chi connectivity index (χ0) is 17.9. The average molecular weight is 356 g/mol. The van der Waals surface area contributed by atoms with E-state index >= 15 is 0 Å². The summed E-state index contributed by atoms with van der Waals surface area (Å²) in [6, 6.07) is 20.0. The second kappa shape index (κ2) is 7.86. The van der Waals surface area contributed by atoms with Crippen molar-refractivity contribution in [2.75, 3.05) is 20.8 Å². The van der Waals surface area contributed by atoms with E-state index < -0.39 is 6.29 Å². The molecule has 0 aliphatic carbocycles. The van der Waals surface area contributed by atoms with Crippen LogP contribution in [0.15, 0.2) is 60.7 Å². The maximum absolute atomic E-state index is 6.34. The molecule has 2 saturated heterocycles. The van der Waals surface area contributed by atoms with E-state index in [0.29, 0.717) is 6.61 Å². The number of fused-ring (bicyclic) bond motifs is 1. The van der Waals surface area contributed by atoms with Crippen molar-refractivity contribution in [3.05, 3.63) is 71.8 Å². The minimum atomic E-state index is -0.426. The van der Waals surface area contributed by atoms with Gasteiger partial charge in [-0.15, -0.1) is 0 Å². The molecular formula is C21H24O5. The molecule has 0 amide bonds. The Labute approximate surface area is 153 Å². The van der Waals surface area contributed by atoms with Gasteiger partial charge in [0.2, 0.25) is 0 Å². The van der Waals surface area contributed by atoms with Crippen molar-refractivity contribution < 1.29 is 23.7 Å². The topological polar surface area (TPSA) is 46.2 Å². The highest BCUT2D eigenvalue weighted by Gasteiger charge is 2.50. The molecule has 5 heteroatoms. The van der Waals surface area contributed by atoms with Crippen LogP contribution < -0.4 is 0 Å². The van der Waals surface area contributed by atoms with Crippen molar-refractivity contribution in [1.82, 2.24) is 0 Å². The van der Waals surface area contributed by atoms with Gasteiger partial charge in [-0.05, 0) is 5.56 Å². The molecule has 1 unspecified atom stereocenters. The summed E-state index contributed by atoms with van der Waals surface area (Å²) in [4.78, 5) is 0. The van der Waals surface area contributed by atoms with Crippen LogP contribution in [0.5, 0.6) is 0 Å². The summed E-state index contributed by atoms with van der Waals surface area (Å²) in [5.74, 6) is 0. The molecule has 0 spiro atoms. The van der Waals surface area contributed by atoms with Crippen LogP contribution in [-0.2, 0) is 23.7 Å². The Morgan fingerprint density at radius 3 is 2.00 bits per heavy atom. The molecule has 0 saturated carbocycles. The third-order valence-corrected chi connectivity index (χ3v) is 5.07. The monoisotopic (exact) mass is 356 g/mol. The van der Waals surface area contributed by atoms with Gasteiger partial charge in [-0.2, -0.15) is 0 Å². The summed E-state index contributed by atoms with van der Waals surface area (Å²) >= 11 is 0. The maximum Gasteiger partial charge on any atom is 0.184 e. The van der Waals surface area contributed by atoms with Gasteiger partial charge >= 0.3 is 0 Å². The molecule has 2 fully saturated rings. The van der Waals surface area contributed by atoms with Crippen molar-refractivity contribution in [2.45, 2.75) is 36.8 Å². The predicted molar refractivity (Wildman–Crippen MR) is 95.7 cm³/mol. The predicted octanol–water partition coefficient (Wildman–Crippen LogP) is 3.27. The van der Waals surface area contributed by atoms with Gasteiger partial charge in [0.1, 0.15) is 30.5 Å². The van der Waals surface area contributed by atoms with Crippen LogP contribution >= 0.6 is 0 Å². The summed E-state index contributed by atoms with van der Waals surface area (Å²) in [6.45, 7) is 0.448. The van der Waals surface area contributed by atoms with Crippen LogP contribution in [0.3, 0.4) is 0 Å². The highest BCUT2D eigenvalue weighted by atomic mass is 16.7. The van der Waals surface area contributed by atoms with E-state index in [-0.39, 0.29) is 30.5 Å². The fourth-order valence-corrected chi connectivity index (χ4v) is 3.80. The summed E-state index contributed by atoms with van der Waals surface area (Å²) < 4.78 is 30.1. The molecule has 2 heterocycles. The van der Waals surface area contributed by atoms with Gasteiger partial charge in [-0.1, -0.05) is 60.7 Å². The molecular weight excluding hydrogens is 332 g/mol.